The molecule has 8 nitrogen and oxygen atoms in total. The number of ether oxygens (including phenoxy) is 2. The molecule has 0 bridgehead atoms. The molecule has 2 aliphatic heterocycles. The molecule has 0 radical (unpaired) electrons. The number of carbonyl (C=O) groups excluding carboxylic acids is 1. The number of nitrogens with zero attached hydrogens (tertiary/aromatic N) is 4. The molecule has 4 heterocycles. The lowest BCUT2D eigenvalue weighted by atomic mass is 9.87. The third kappa shape index (κ3) is 3.46. The molecule has 8 heteroatoms. The number of likely N-dealkylation sites (tertiary alicyclic amines) is 1. The summed E-state index contributed by atoms with van der Waals surface area (Å²) in [6, 6.07) is 9.45. The summed E-state index contributed by atoms with van der Waals surface area (Å²) in [6.45, 7) is 5.45. The number of para-hydroxylation sites is 1. The molecule has 1 amide bonds. The van der Waals surface area contributed by atoms with Crippen LogP contribution in [0, 0.1) is 6.92 Å². The lowest BCUT2D eigenvalue weighted by Gasteiger charge is -2.46. The van der Waals surface area contributed by atoms with Crippen LogP contribution in [-0.4, -0.2) is 39.0 Å². The molecule has 1 spiro atoms. The molecule has 3 aromatic rings. The van der Waals surface area contributed by atoms with E-state index in [-0.39, 0.29) is 18.2 Å². The Labute approximate surface area is 180 Å². The summed E-state index contributed by atoms with van der Waals surface area (Å²) in [5, 5.41) is 4.01. The molecule has 0 atom stereocenters. The van der Waals surface area contributed by atoms with Crippen molar-refractivity contribution in [2.75, 3.05) is 13.1 Å². The van der Waals surface area contributed by atoms with Gasteiger partial charge in [-0.25, -0.2) is 9.97 Å². The van der Waals surface area contributed by atoms with Gasteiger partial charge in [-0.05, 0) is 25.5 Å². The van der Waals surface area contributed by atoms with Gasteiger partial charge in [0.2, 0.25) is 0 Å². The number of aryl methyl sites for hydroxylation is 2. The first-order valence-electron chi connectivity index (χ1n) is 10.5. The Bertz CT molecular complexity index is 1110. The number of hydrogen-bond acceptors (Lipinski definition) is 7. The highest BCUT2D eigenvalue weighted by atomic mass is 16.5. The van der Waals surface area contributed by atoms with Gasteiger partial charge in [0.05, 0.1) is 31.0 Å². The monoisotopic (exact) mass is 420 g/mol. The largest absolute Gasteiger partial charge is 0.489 e. The molecule has 2 aliphatic rings. The molecule has 1 aromatic carbocycles. The second-order valence-corrected chi connectivity index (χ2v) is 8.01. The Morgan fingerprint density at radius 1 is 1.26 bits per heavy atom. The molecule has 2 aromatic heterocycles. The van der Waals surface area contributed by atoms with Gasteiger partial charge in [0.25, 0.3) is 5.91 Å². The smallest absolute Gasteiger partial charge is 0.276 e. The SMILES string of the molecule is CCCc1ncc2c(n1)COC21CN(C(=O)c2noc(C)c2COc2ccccc2)C1. The van der Waals surface area contributed by atoms with Gasteiger partial charge in [-0.2, -0.15) is 0 Å². The Kier molecular flexibility index (Phi) is 4.94. The Morgan fingerprint density at radius 2 is 2.06 bits per heavy atom. The summed E-state index contributed by atoms with van der Waals surface area (Å²) in [7, 11) is 0. The Hall–Kier alpha value is -3.26. The molecular formula is C23H24N4O4. The maximum atomic E-state index is 13.1. The highest BCUT2D eigenvalue weighted by Crippen LogP contribution is 2.43. The zero-order valence-corrected chi connectivity index (χ0v) is 17.6. The van der Waals surface area contributed by atoms with Crippen molar-refractivity contribution in [1.82, 2.24) is 20.0 Å². The van der Waals surface area contributed by atoms with E-state index in [4.69, 9.17) is 14.0 Å². The van der Waals surface area contributed by atoms with Gasteiger partial charge in [0.15, 0.2) is 5.69 Å². The van der Waals surface area contributed by atoms with Gasteiger partial charge in [-0.15, -0.1) is 0 Å². The number of carbonyl (C=O) groups is 1. The minimum Gasteiger partial charge on any atom is -0.489 e. The Morgan fingerprint density at radius 3 is 2.84 bits per heavy atom. The highest BCUT2D eigenvalue weighted by molar-refractivity contribution is 5.94. The van der Waals surface area contributed by atoms with Gasteiger partial charge in [-0.3, -0.25) is 4.79 Å². The Balaban J connectivity index is 1.29. The van der Waals surface area contributed by atoms with Crippen molar-refractivity contribution >= 4 is 5.91 Å². The number of fused-ring (bicyclic) bond motifs is 2. The van der Waals surface area contributed by atoms with Crippen LogP contribution in [0.15, 0.2) is 41.1 Å². The van der Waals surface area contributed by atoms with Gasteiger partial charge in [-0.1, -0.05) is 30.3 Å². The first kappa shape index (κ1) is 19.7. The predicted octanol–water partition coefficient (Wildman–Crippen LogP) is 3.19. The average molecular weight is 420 g/mol. The van der Waals surface area contributed by atoms with Crippen LogP contribution >= 0.6 is 0 Å². The van der Waals surface area contributed by atoms with E-state index in [0.29, 0.717) is 31.0 Å². The quantitative estimate of drug-likeness (QED) is 0.605. The van der Waals surface area contributed by atoms with Crippen LogP contribution in [0.3, 0.4) is 0 Å². The molecule has 31 heavy (non-hydrogen) atoms. The van der Waals surface area contributed by atoms with Crippen molar-refractivity contribution in [3.8, 4) is 5.75 Å². The summed E-state index contributed by atoms with van der Waals surface area (Å²) in [4.78, 5) is 24.0. The normalized spacial score (nSPS) is 16.3. The minimum absolute atomic E-state index is 0.185. The molecule has 0 aliphatic carbocycles. The number of aromatic nitrogens is 3. The fourth-order valence-corrected chi connectivity index (χ4v) is 4.10. The summed E-state index contributed by atoms with van der Waals surface area (Å²) in [5.74, 6) is 1.96. The molecule has 1 fully saturated rings. The van der Waals surface area contributed by atoms with Crippen LogP contribution in [0.5, 0.6) is 5.75 Å². The summed E-state index contributed by atoms with van der Waals surface area (Å²) in [5.41, 5.74) is 2.35. The summed E-state index contributed by atoms with van der Waals surface area (Å²) in [6.07, 6.45) is 3.71. The van der Waals surface area contributed by atoms with E-state index in [2.05, 4.69) is 22.0 Å². The van der Waals surface area contributed by atoms with Gasteiger partial charge >= 0.3 is 0 Å². The van der Waals surface area contributed by atoms with E-state index < -0.39 is 5.60 Å². The zero-order valence-electron chi connectivity index (χ0n) is 17.6. The van der Waals surface area contributed by atoms with Crippen LogP contribution in [-0.2, 0) is 30.0 Å². The van der Waals surface area contributed by atoms with E-state index >= 15 is 0 Å². The fourth-order valence-electron chi connectivity index (χ4n) is 4.10. The maximum absolute atomic E-state index is 13.1. The van der Waals surface area contributed by atoms with Crippen LogP contribution < -0.4 is 4.74 Å². The highest BCUT2D eigenvalue weighted by Gasteiger charge is 2.53. The van der Waals surface area contributed by atoms with E-state index in [0.717, 1.165) is 35.7 Å². The lowest BCUT2D eigenvalue weighted by molar-refractivity contribution is -0.126. The van der Waals surface area contributed by atoms with E-state index in [1.54, 1.807) is 11.8 Å². The van der Waals surface area contributed by atoms with Crippen LogP contribution in [0.4, 0.5) is 0 Å². The van der Waals surface area contributed by atoms with Crippen LogP contribution in [0.25, 0.3) is 0 Å². The molecular weight excluding hydrogens is 396 g/mol. The van der Waals surface area contributed by atoms with Crippen molar-refractivity contribution in [2.45, 2.75) is 45.5 Å². The van der Waals surface area contributed by atoms with Crippen LogP contribution in [0.2, 0.25) is 0 Å². The number of rotatable bonds is 6. The molecule has 5 rings (SSSR count). The van der Waals surface area contributed by atoms with Crippen molar-refractivity contribution in [3.63, 3.8) is 0 Å². The average Bonchev–Trinajstić information content (AvgIpc) is 3.32. The second-order valence-electron chi connectivity index (χ2n) is 8.01. The molecule has 160 valence electrons. The molecule has 0 saturated carbocycles. The number of benzene rings is 1. The van der Waals surface area contributed by atoms with Gasteiger partial charge < -0.3 is 18.9 Å². The second kappa shape index (κ2) is 7.77. The topological polar surface area (TPSA) is 90.6 Å². The van der Waals surface area contributed by atoms with Crippen molar-refractivity contribution in [2.24, 2.45) is 0 Å². The molecule has 1 saturated heterocycles. The van der Waals surface area contributed by atoms with Crippen molar-refractivity contribution in [3.05, 3.63) is 70.6 Å². The number of amides is 1. The van der Waals surface area contributed by atoms with E-state index in [9.17, 15) is 4.79 Å². The molecule has 0 unspecified atom stereocenters. The van der Waals surface area contributed by atoms with Gasteiger partial charge in [0.1, 0.15) is 29.5 Å². The third-order valence-electron chi connectivity index (χ3n) is 5.86. The van der Waals surface area contributed by atoms with E-state index in [1.807, 2.05) is 36.5 Å². The van der Waals surface area contributed by atoms with Crippen LogP contribution in [0.1, 0.15) is 52.2 Å². The number of hydrogen-bond donors (Lipinski definition) is 0. The fraction of sp³-hybridized carbons (Fsp3) is 0.391. The van der Waals surface area contributed by atoms with Gasteiger partial charge in [0, 0.05) is 18.2 Å². The molecule has 0 N–H and O–H groups in total. The maximum Gasteiger partial charge on any atom is 0.276 e. The summed E-state index contributed by atoms with van der Waals surface area (Å²) < 4.78 is 17.2. The zero-order chi connectivity index (χ0) is 21.4. The first-order valence-corrected chi connectivity index (χ1v) is 10.5. The van der Waals surface area contributed by atoms with Crippen molar-refractivity contribution < 1.29 is 18.8 Å². The minimum atomic E-state index is -0.519. The van der Waals surface area contributed by atoms with E-state index in [1.165, 1.54) is 0 Å². The van der Waals surface area contributed by atoms with Crippen molar-refractivity contribution in [1.29, 1.82) is 0 Å². The first-order chi connectivity index (χ1) is 15.1. The third-order valence-corrected chi connectivity index (χ3v) is 5.86. The standard InChI is InChI=1S/C23H24N4O4/c1-3-7-20-24-10-18-19(25-20)12-30-23(18)13-27(14-23)22(28)21-17(15(2)31-26-21)11-29-16-8-5-4-6-9-16/h4-6,8-10H,3,7,11-14H2,1-2H3. The predicted molar refractivity (Wildman–Crippen MR) is 110 cm³/mol. The summed E-state index contributed by atoms with van der Waals surface area (Å²) >= 11 is 0. The lowest BCUT2D eigenvalue weighted by Crippen LogP contribution is -2.61.